The zero-order valence-corrected chi connectivity index (χ0v) is 14.3. The topological polar surface area (TPSA) is 37.3 Å². The second-order valence-electron chi connectivity index (χ2n) is 5.77. The molecule has 2 nitrogen and oxygen atoms in total. The van der Waals surface area contributed by atoms with Crippen LogP contribution in [0, 0.1) is 5.82 Å². The van der Waals surface area contributed by atoms with Crippen molar-refractivity contribution in [3.63, 3.8) is 0 Å². The number of carboxylic acid groups (broad SMARTS) is 1. The zero-order chi connectivity index (χ0) is 17.3. The van der Waals surface area contributed by atoms with E-state index in [-0.39, 0.29) is 11.4 Å². The molecule has 0 atom stereocenters. The van der Waals surface area contributed by atoms with Crippen molar-refractivity contribution in [3.8, 4) is 0 Å². The van der Waals surface area contributed by atoms with Gasteiger partial charge in [-0.3, -0.25) is 0 Å². The van der Waals surface area contributed by atoms with E-state index in [9.17, 15) is 14.3 Å². The molecular formula is C20H17FO2S. The Hall–Kier alpha value is -2.33. The molecule has 4 heteroatoms. The van der Waals surface area contributed by atoms with Gasteiger partial charge in [-0.1, -0.05) is 23.8 Å². The molecule has 0 spiro atoms. The maximum atomic E-state index is 13.6. The van der Waals surface area contributed by atoms with Crippen molar-refractivity contribution in [3.05, 3.63) is 76.1 Å². The van der Waals surface area contributed by atoms with Gasteiger partial charge in [0, 0.05) is 4.90 Å². The molecule has 0 aliphatic heterocycles. The van der Waals surface area contributed by atoms with Crippen LogP contribution in [-0.4, -0.2) is 17.3 Å². The van der Waals surface area contributed by atoms with E-state index >= 15 is 0 Å². The molecule has 0 aromatic heterocycles. The smallest absolute Gasteiger partial charge is 0.336 e. The fourth-order valence-electron chi connectivity index (χ4n) is 3.02. The third kappa shape index (κ3) is 3.15. The Labute approximate surface area is 144 Å². The third-order valence-electron chi connectivity index (χ3n) is 4.15. The van der Waals surface area contributed by atoms with Crippen LogP contribution in [0.4, 0.5) is 4.39 Å². The Bertz CT molecular complexity index is 864. The summed E-state index contributed by atoms with van der Waals surface area (Å²) in [4.78, 5) is 13.0. The van der Waals surface area contributed by atoms with E-state index in [4.69, 9.17) is 0 Å². The predicted octanol–water partition coefficient (Wildman–Crippen LogP) is 5.05. The second-order valence-corrected chi connectivity index (χ2v) is 6.65. The summed E-state index contributed by atoms with van der Waals surface area (Å²) in [6.07, 6.45) is 4.30. The molecule has 0 heterocycles. The minimum Gasteiger partial charge on any atom is -0.478 e. The Balaban J connectivity index is 2.09. The van der Waals surface area contributed by atoms with Crippen molar-refractivity contribution in [2.24, 2.45) is 0 Å². The van der Waals surface area contributed by atoms with E-state index < -0.39 is 5.97 Å². The highest BCUT2D eigenvalue weighted by molar-refractivity contribution is 7.98. The van der Waals surface area contributed by atoms with Crippen molar-refractivity contribution < 1.29 is 14.3 Å². The summed E-state index contributed by atoms with van der Waals surface area (Å²) in [5.41, 5.74) is 4.25. The average Bonchev–Trinajstić information content (AvgIpc) is 2.88. The molecule has 1 N–H and O–H groups in total. The summed E-state index contributed by atoms with van der Waals surface area (Å²) >= 11 is 1.63. The highest BCUT2D eigenvalue weighted by Crippen LogP contribution is 2.38. The van der Waals surface area contributed by atoms with Gasteiger partial charge < -0.3 is 5.11 Å². The molecule has 2 aromatic carbocycles. The molecular weight excluding hydrogens is 323 g/mol. The average molecular weight is 340 g/mol. The van der Waals surface area contributed by atoms with Gasteiger partial charge in [-0.05, 0) is 72.2 Å². The number of fused-ring (bicyclic) bond motifs is 1. The van der Waals surface area contributed by atoms with Crippen molar-refractivity contribution in [1.29, 1.82) is 0 Å². The van der Waals surface area contributed by atoms with E-state index in [1.165, 1.54) is 12.1 Å². The van der Waals surface area contributed by atoms with Gasteiger partial charge >= 0.3 is 5.97 Å². The van der Waals surface area contributed by atoms with Crippen LogP contribution in [0.5, 0.6) is 0 Å². The molecule has 1 aliphatic rings. The largest absolute Gasteiger partial charge is 0.478 e. The summed E-state index contributed by atoms with van der Waals surface area (Å²) in [7, 11) is 0. The molecule has 2 aromatic rings. The van der Waals surface area contributed by atoms with Crippen molar-refractivity contribution in [2.75, 3.05) is 6.26 Å². The fraction of sp³-hybridized carbons (Fsp3) is 0.150. The van der Waals surface area contributed by atoms with E-state index in [2.05, 4.69) is 0 Å². The van der Waals surface area contributed by atoms with E-state index in [0.29, 0.717) is 17.6 Å². The number of carboxylic acids is 1. The third-order valence-corrected chi connectivity index (χ3v) is 4.89. The summed E-state index contributed by atoms with van der Waals surface area (Å²) in [6.45, 7) is 1.90. The maximum Gasteiger partial charge on any atom is 0.336 e. The van der Waals surface area contributed by atoms with Crippen LogP contribution in [0.25, 0.3) is 11.6 Å². The molecule has 3 rings (SSSR count). The number of halogens is 1. The first kappa shape index (κ1) is 16.5. The van der Waals surface area contributed by atoms with Gasteiger partial charge in [0.1, 0.15) is 5.82 Å². The van der Waals surface area contributed by atoms with Crippen LogP contribution < -0.4 is 0 Å². The minimum atomic E-state index is -1.00. The van der Waals surface area contributed by atoms with Crippen molar-refractivity contribution >= 4 is 29.4 Å². The number of hydrogen-bond acceptors (Lipinski definition) is 2. The van der Waals surface area contributed by atoms with E-state index in [0.717, 1.165) is 21.6 Å². The highest BCUT2D eigenvalue weighted by Gasteiger charge is 2.25. The number of aliphatic carboxylic acids is 1. The van der Waals surface area contributed by atoms with E-state index in [1.807, 2.05) is 37.4 Å². The Morgan fingerprint density at radius 1 is 1.21 bits per heavy atom. The second kappa shape index (κ2) is 6.65. The highest BCUT2D eigenvalue weighted by atomic mass is 32.2. The predicted molar refractivity (Wildman–Crippen MR) is 96.5 cm³/mol. The van der Waals surface area contributed by atoms with Crippen molar-refractivity contribution in [2.45, 2.75) is 18.2 Å². The van der Waals surface area contributed by atoms with Crippen LogP contribution in [0.3, 0.4) is 0 Å². The molecule has 0 saturated heterocycles. The summed E-state index contributed by atoms with van der Waals surface area (Å²) in [5, 5.41) is 9.71. The summed E-state index contributed by atoms with van der Waals surface area (Å²) in [5.74, 6) is -1.36. The SMILES string of the molecule is CSc1ccc(C=C(C(=O)O)C2=C(C)Cc3ccc(F)cc32)cc1. The Morgan fingerprint density at radius 3 is 2.54 bits per heavy atom. The quantitative estimate of drug-likeness (QED) is 0.625. The lowest BCUT2D eigenvalue weighted by Crippen LogP contribution is -2.03. The lowest BCUT2D eigenvalue weighted by molar-refractivity contribution is -0.132. The van der Waals surface area contributed by atoms with Crippen LogP contribution in [0.1, 0.15) is 23.6 Å². The lowest BCUT2D eigenvalue weighted by atomic mass is 9.95. The Morgan fingerprint density at radius 2 is 1.92 bits per heavy atom. The number of allylic oxidation sites excluding steroid dienone is 1. The van der Waals surface area contributed by atoms with Gasteiger partial charge in [0.25, 0.3) is 0 Å². The maximum absolute atomic E-state index is 13.6. The van der Waals surface area contributed by atoms with Gasteiger partial charge in [0.15, 0.2) is 0 Å². The van der Waals surface area contributed by atoms with Gasteiger partial charge in [0.05, 0.1) is 5.57 Å². The first-order valence-corrected chi connectivity index (χ1v) is 8.80. The fourth-order valence-corrected chi connectivity index (χ4v) is 3.43. The van der Waals surface area contributed by atoms with Gasteiger partial charge in [-0.25, -0.2) is 9.18 Å². The van der Waals surface area contributed by atoms with Gasteiger partial charge in [-0.2, -0.15) is 0 Å². The normalized spacial score (nSPS) is 14.0. The Kier molecular flexibility index (Phi) is 4.58. The number of thioether (sulfide) groups is 1. The van der Waals surface area contributed by atoms with E-state index in [1.54, 1.807) is 23.9 Å². The minimum absolute atomic E-state index is 0.203. The molecule has 0 radical (unpaired) electrons. The van der Waals surface area contributed by atoms with Gasteiger partial charge in [-0.15, -0.1) is 11.8 Å². The molecule has 0 unspecified atom stereocenters. The van der Waals surface area contributed by atoms with Gasteiger partial charge in [0.2, 0.25) is 0 Å². The first-order chi connectivity index (χ1) is 11.5. The molecule has 24 heavy (non-hydrogen) atoms. The van der Waals surface area contributed by atoms with Crippen LogP contribution in [0.2, 0.25) is 0 Å². The number of rotatable bonds is 4. The van der Waals surface area contributed by atoms with Crippen molar-refractivity contribution in [1.82, 2.24) is 0 Å². The number of benzene rings is 2. The summed E-state index contributed by atoms with van der Waals surface area (Å²) in [6, 6.07) is 12.3. The zero-order valence-electron chi connectivity index (χ0n) is 13.5. The molecule has 122 valence electrons. The molecule has 1 aliphatic carbocycles. The number of carbonyl (C=O) groups is 1. The standard InChI is InChI=1S/C20H17FO2S/c1-12-9-14-5-6-15(21)11-17(14)19(12)18(20(22)23)10-13-3-7-16(24-2)8-4-13/h3-8,10-11H,9H2,1-2H3,(H,22,23). The summed E-state index contributed by atoms with van der Waals surface area (Å²) < 4.78 is 13.6. The molecule has 0 saturated carbocycles. The number of hydrogen-bond donors (Lipinski definition) is 1. The monoisotopic (exact) mass is 340 g/mol. The molecule has 0 amide bonds. The molecule has 0 fully saturated rings. The van der Waals surface area contributed by atoms with Crippen LogP contribution in [-0.2, 0) is 11.2 Å². The first-order valence-electron chi connectivity index (χ1n) is 7.57. The lowest BCUT2D eigenvalue weighted by Gasteiger charge is -2.09. The van der Waals surface area contributed by atoms with Crippen LogP contribution in [0.15, 0.2) is 58.5 Å². The molecule has 0 bridgehead atoms. The van der Waals surface area contributed by atoms with Crippen LogP contribution >= 0.6 is 11.8 Å².